The third-order valence-electron chi connectivity index (χ3n) is 8.09. The Labute approximate surface area is 276 Å². The number of amides is 2. The van der Waals surface area contributed by atoms with Crippen LogP contribution in [0.2, 0.25) is 0 Å². The van der Waals surface area contributed by atoms with Gasteiger partial charge in [-0.3, -0.25) is 4.79 Å². The summed E-state index contributed by atoms with van der Waals surface area (Å²) in [6.07, 6.45) is -0.578. The van der Waals surface area contributed by atoms with Crippen LogP contribution < -0.4 is 14.8 Å². The molecule has 3 aromatic rings. The zero-order valence-corrected chi connectivity index (χ0v) is 28.1. The third kappa shape index (κ3) is 8.28. The summed E-state index contributed by atoms with van der Waals surface area (Å²) in [4.78, 5) is 29.3. The molecule has 4 rings (SSSR count). The van der Waals surface area contributed by atoms with Crippen molar-refractivity contribution in [1.29, 1.82) is 0 Å². The molecule has 4 N–H and O–H groups in total. The highest BCUT2D eigenvalue weighted by atomic mass is 16.6. The number of benzene rings is 3. The number of ether oxygens (including phenoxy) is 4. The second-order valence-electron chi connectivity index (χ2n) is 12.8. The summed E-state index contributed by atoms with van der Waals surface area (Å²) in [6.45, 7) is 8.58. The Hall–Kier alpha value is -4.48. The molecule has 0 aliphatic carbocycles. The van der Waals surface area contributed by atoms with E-state index < -0.39 is 35.7 Å². The van der Waals surface area contributed by atoms with E-state index in [0.717, 1.165) is 11.1 Å². The first-order valence-electron chi connectivity index (χ1n) is 15.6. The van der Waals surface area contributed by atoms with Crippen molar-refractivity contribution in [1.82, 2.24) is 10.2 Å². The van der Waals surface area contributed by atoms with Gasteiger partial charge in [0.2, 0.25) is 5.91 Å². The van der Waals surface area contributed by atoms with Crippen molar-refractivity contribution in [3.8, 4) is 23.0 Å². The van der Waals surface area contributed by atoms with E-state index in [9.17, 15) is 24.9 Å². The highest BCUT2D eigenvalue weighted by molar-refractivity contribution is 5.87. The zero-order valence-electron chi connectivity index (χ0n) is 28.1. The smallest absolute Gasteiger partial charge is 0.408 e. The lowest BCUT2D eigenvalue weighted by Gasteiger charge is -2.44. The number of carbonyl (C=O) groups is 2. The molecular weight excluding hydrogens is 604 g/mol. The predicted octanol–water partition coefficient (Wildman–Crippen LogP) is 4.87. The molecule has 0 saturated heterocycles. The quantitative estimate of drug-likeness (QED) is 0.228. The Morgan fingerprint density at radius 1 is 0.979 bits per heavy atom. The lowest BCUT2D eigenvalue weighted by molar-refractivity contribution is -0.143. The van der Waals surface area contributed by atoms with E-state index in [1.165, 1.54) is 25.2 Å². The molecule has 2 amide bonds. The average molecular weight is 651 g/mol. The van der Waals surface area contributed by atoms with Gasteiger partial charge in [0.05, 0.1) is 46.1 Å². The second kappa shape index (κ2) is 15.0. The van der Waals surface area contributed by atoms with E-state index in [1.54, 1.807) is 33.8 Å². The largest absolute Gasteiger partial charge is 0.504 e. The Morgan fingerprint density at radius 2 is 1.64 bits per heavy atom. The number of aliphatic hydroxyl groups is 1. The number of aryl methyl sites for hydroxylation is 2. The molecule has 0 unspecified atom stereocenters. The van der Waals surface area contributed by atoms with Gasteiger partial charge in [-0.05, 0) is 74.9 Å². The number of nitrogens with one attached hydrogen (secondary N) is 1. The minimum Gasteiger partial charge on any atom is -0.504 e. The fourth-order valence-electron chi connectivity index (χ4n) is 6.20. The highest BCUT2D eigenvalue weighted by Gasteiger charge is 2.43. The molecule has 47 heavy (non-hydrogen) atoms. The summed E-state index contributed by atoms with van der Waals surface area (Å²) in [6, 6.07) is 12.0. The molecule has 11 heteroatoms. The van der Waals surface area contributed by atoms with Crippen LogP contribution in [0.3, 0.4) is 0 Å². The number of hydrogen-bond acceptors (Lipinski definition) is 9. The molecule has 1 heterocycles. The van der Waals surface area contributed by atoms with E-state index in [0.29, 0.717) is 28.0 Å². The summed E-state index contributed by atoms with van der Waals surface area (Å²) >= 11 is 0. The maximum absolute atomic E-state index is 14.7. The van der Waals surface area contributed by atoms with Crippen LogP contribution in [0.15, 0.2) is 48.5 Å². The highest BCUT2D eigenvalue weighted by Crippen LogP contribution is 2.45. The molecule has 0 aromatic heterocycles. The van der Waals surface area contributed by atoms with Crippen LogP contribution in [-0.2, 0) is 33.7 Å². The van der Waals surface area contributed by atoms with Crippen LogP contribution in [0.5, 0.6) is 23.0 Å². The van der Waals surface area contributed by atoms with E-state index in [-0.39, 0.29) is 49.9 Å². The molecule has 0 radical (unpaired) electrons. The average Bonchev–Trinajstić information content (AvgIpc) is 2.99. The lowest BCUT2D eigenvalue weighted by Crippen LogP contribution is -2.58. The van der Waals surface area contributed by atoms with Crippen molar-refractivity contribution in [3.63, 3.8) is 0 Å². The number of aromatic hydroxyl groups is 2. The number of fused-ring (bicyclic) bond motifs is 1. The van der Waals surface area contributed by atoms with Crippen LogP contribution in [0.1, 0.15) is 60.2 Å². The molecule has 1 aliphatic rings. The van der Waals surface area contributed by atoms with Gasteiger partial charge < -0.3 is 44.5 Å². The number of alkyl carbamates (subject to hydrolysis) is 1. The van der Waals surface area contributed by atoms with E-state index in [1.807, 2.05) is 43.3 Å². The van der Waals surface area contributed by atoms with Gasteiger partial charge in [0, 0.05) is 12.0 Å². The fourth-order valence-corrected chi connectivity index (χ4v) is 6.20. The monoisotopic (exact) mass is 650 g/mol. The number of nitrogens with zero attached hydrogens (tertiary/aromatic N) is 1. The number of methoxy groups -OCH3 is 2. The molecular formula is C36H46N2O9. The Kier molecular flexibility index (Phi) is 11.3. The zero-order chi connectivity index (χ0) is 34.5. The molecule has 11 nitrogen and oxygen atoms in total. The summed E-state index contributed by atoms with van der Waals surface area (Å²) in [5.41, 5.74) is 3.21. The molecule has 1 aliphatic heterocycles. The molecule has 0 spiro atoms. The van der Waals surface area contributed by atoms with Crippen molar-refractivity contribution in [2.24, 2.45) is 0 Å². The summed E-state index contributed by atoms with van der Waals surface area (Å²) in [7, 11) is 2.91. The van der Waals surface area contributed by atoms with E-state index >= 15 is 0 Å². The first kappa shape index (κ1) is 35.4. The number of rotatable bonds is 11. The Morgan fingerprint density at radius 3 is 2.23 bits per heavy atom. The minimum absolute atomic E-state index is 0.0151. The second-order valence-corrected chi connectivity index (χ2v) is 12.8. The standard InChI is InChI=1S/C36H46N2O9/c1-21-13-24(16-29(40)32(21)44-6)15-27(37-35(43)47-36(3,4)5)34(42)38-26(18-39)17-25-14-22(2)33(45-7)31(41)30(25)28(38)20-46-19-23-11-9-8-10-12-23/h8-14,16,26-28,39-41H,15,17-20H2,1-7H3,(H,37,43)/t26-,27-,28-/m0/s1. The molecule has 254 valence electrons. The van der Waals surface area contributed by atoms with Crippen LogP contribution in [0, 0.1) is 13.8 Å². The fraction of sp³-hybridized carbons (Fsp3) is 0.444. The van der Waals surface area contributed by atoms with Gasteiger partial charge in [0.1, 0.15) is 11.6 Å². The maximum atomic E-state index is 14.7. The Balaban J connectivity index is 1.79. The van der Waals surface area contributed by atoms with Gasteiger partial charge in [-0.1, -0.05) is 42.5 Å². The van der Waals surface area contributed by atoms with Gasteiger partial charge in [-0.2, -0.15) is 0 Å². The summed E-state index contributed by atoms with van der Waals surface area (Å²) in [5, 5.41) is 35.5. The normalized spacial score (nSPS) is 16.6. The van der Waals surface area contributed by atoms with Gasteiger partial charge in [0.15, 0.2) is 23.0 Å². The van der Waals surface area contributed by atoms with Crippen LogP contribution in [-0.4, -0.2) is 77.3 Å². The van der Waals surface area contributed by atoms with Crippen molar-refractivity contribution in [2.75, 3.05) is 27.4 Å². The molecule has 0 saturated carbocycles. The van der Waals surface area contributed by atoms with Gasteiger partial charge >= 0.3 is 6.09 Å². The van der Waals surface area contributed by atoms with E-state index in [4.69, 9.17) is 18.9 Å². The molecule has 0 fully saturated rings. The first-order valence-corrected chi connectivity index (χ1v) is 15.6. The molecule has 3 atom stereocenters. The van der Waals surface area contributed by atoms with E-state index in [2.05, 4.69) is 5.32 Å². The number of hydrogen-bond donors (Lipinski definition) is 4. The molecule has 3 aromatic carbocycles. The summed E-state index contributed by atoms with van der Waals surface area (Å²) < 4.78 is 22.5. The lowest BCUT2D eigenvalue weighted by atomic mass is 9.85. The van der Waals surface area contributed by atoms with Crippen molar-refractivity contribution >= 4 is 12.0 Å². The molecule has 0 bridgehead atoms. The van der Waals surface area contributed by atoms with Crippen molar-refractivity contribution in [3.05, 3.63) is 81.9 Å². The van der Waals surface area contributed by atoms with Gasteiger partial charge in [-0.25, -0.2) is 4.79 Å². The number of aliphatic hydroxyl groups excluding tert-OH is 1. The Bertz CT molecular complexity index is 1550. The predicted molar refractivity (Wildman–Crippen MR) is 176 cm³/mol. The van der Waals surface area contributed by atoms with Crippen molar-refractivity contribution < 1.29 is 43.9 Å². The van der Waals surface area contributed by atoms with Crippen LogP contribution in [0.25, 0.3) is 0 Å². The van der Waals surface area contributed by atoms with Crippen LogP contribution >= 0.6 is 0 Å². The van der Waals surface area contributed by atoms with Crippen molar-refractivity contribution in [2.45, 2.75) is 77.8 Å². The minimum atomic E-state index is -1.18. The van der Waals surface area contributed by atoms with Gasteiger partial charge in [0.25, 0.3) is 0 Å². The number of phenolic OH excluding ortho intramolecular Hbond substituents is 2. The SMILES string of the molecule is COc1c(C)cc(C[C@H](NC(=O)OC(C)(C)C)C(=O)N2[C@H](CO)Cc3cc(C)c(OC)c(O)c3[C@@H]2COCc2ccccc2)cc1O. The number of phenols is 2. The topological polar surface area (TPSA) is 147 Å². The summed E-state index contributed by atoms with van der Waals surface area (Å²) in [5.74, 6) is -0.164. The van der Waals surface area contributed by atoms with Gasteiger partial charge in [-0.15, -0.1) is 0 Å². The first-order chi connectivity index (χ1) is 22.3. The number of carbonyl (C=O) groups excluding carboxylic acids is 2. The maximum Gasteiger partial charge on any atom is 0.408 e. The third-order valence-corrected chi connectivity index (χ3v) is 8.09. The van der Waals surface area contributed by atoms with Crippen LogP contribution in [0.4, 0.5) is 4.79 Å².